The highest BCUT2D eigenvalue weighted by molar-refractivity contribution is 5.63. The SMILES string of the molecule is CC.CC.Cc1ccc(Nc2nc(Nc3ccc(OCCN4CCCC4)cc3)ncc2C)cc1C. The first-order valence-corrected chi connectivity index (χ1v) is 13.0. The zero-order chi connectivity index (χ0) is 25.6. The summed E-state index contributed by atoms with van der Waals surface area (Å²) >= 11 is 0. The average Bonchev–Trinajstić information content (AvgIpc) is 3.41. The zero-order valence-corrected chi connectivity index (χ0v) is 22.6. The minimum Gasteiger partial charge on any atom is -0.492 e. The number of likely N-dealkylation sites (tertiary alicyclic amines) is 1. The van der Waals surface area contributed by atoms with E-state index in [1.165, 1.54) is 37.1 Å². The van der Waals surface area contributed by atoms with Crippen LogP contribution in [0.4, 0.5) is 23.1 Å². The maximum absolute atomic E-state index is 5.88. The monoisotopic (exact) mass is 477 g/mol. The van der Waals surface area contributed by atoms with E-state index in [4.69, 9.17) is 4.74 Å². The second-order valence-electron chi connectivity index (χ2n) is 8.20. The molecular weight excluding hydrogens is 434 g/mol. The Bertz CT molecular complexity index is 1010. The lowest BCUT2D eigenvalue weighted by Crippen LogP contribution is -2.25. The van der Waals surface area contributed by atoms with E-state index < -0.39 is 0 Å². The van der Waals surface area contributed by atoms with Gasteiger partial charge in [0.25, 0.3) is 0 Å². The molecule has 1 aliphatic heterocycles. The van der Waals surface area contributed by atoms with E-state index in [1.807, 2.05) is 65.1 Å². The molecule has 4 rings (SSSR count). The molecule has 2 aromatic carbocycles. The highest BCUT2D eigenvalue weighted by Crippen LogP contribution is 2.23. The fourth-order valence-electron chi connectivity index (χ4n) is 3.65. The van der Waals surface area contributed by atoms with Crippen LogP contribution in [0.3, 0.4) is 0 Å². The number of anilines is 4. The van der Waals surface area contributed by atoms with Crippen LogP contribution in [-0.4, -0.2) is 41.1 Å². The van der Waals surface area contributed by atoms with Crippen molar-refractivity contribution >= 4 is 23.1 Å². The minimum absolute atomic E-state index is 0.555. The Hall–Kier alpha value is -3.12. The fourth-order valence-corrected chi connectivity index (χ4v) is 3.65. The van der Waals surface area contributed by atoms with E-state index in [1.54, 1.807) is 0 Å². The maximum atomic E-state index is 5.88. The number of benzene rings is 2. The summed E-state index contributed by atoms with van der Waals surface area (Å²) in [6.45, 7) is 18.3. The van der Waals surface area contributed by atoms with Gasteiger partial charge in [-0.2, -0.15) is 4.98 Å². The summed E-state index contributed by atoms with van der Waals surface area (Å²) in [5, 5.41) is 6.69. The number of nitrogens with one attached hydrogen (secondary N) is 2. The van der Waals surface area contributed by atoms with Crippen molar-refractivity contribution in [2.45, 2.75) is 61.3 Å². The van der Waals surface area contributed by atoms with Gasteiger partial charge in [0.1, 0.15) is 18.2 Å². The predicted molar refractivity (Wildman–Crippen MR) is 150 cm³/mol. The van der Waals surface area contributed by atoms with Gasteiger partial charge in [-0.25, -0.2) is 4.98 Å². The summed E-state index contributed by atoms with van der Waals surface area (Å²) in [7, 11) is 0. The van der Waals surface area contributed by atoms with E-state index in [0.717, 1.165) is 41.7 Å². The molecule has 1 fully saturated rings. The first-order chi connectivity index (χ1) is 17.1. The number of nitrogens with zero attached hydrogens (tertiary/aromatic N) is 3. The van der Waals surface area contributed by atoms with Crippen LogP contribution in [0.2, 0.25) is 0 Å². The van der Waals surface area contributed by atoms with Crippen LogP contribution in [-0.2, 0) is 0 Å². The topological polar surface area (TPSA) is 62.3 Å². The van der Waals surface area contributed by atoms with Crippen LogP contribution in [0.1, 0.15) is 57.2 Å². The number of aryl methyl sites for hydroxylation is 3. The van der Waals surface area contributed by atoms with E-state index in [2.05, 4.69) is 57.5 Å². The molecule has 1 aliphatic rings. The van der Waals surface area contributed by atoms with Crippen molar-refractivity contribution in [3.63, 3.8) is 0 Å². The Morgan fingerprint density at radius 2 is 1.46 bits per heavy atom. The maximum Gasteiger partial charge on any atom is 0.229 e. The summed E-state index contributed by atoms with van der Waals surface area (Å²) in [5.41, 5.74) is 5.46. The van der Waals surface area contributed by atoms with Crippen LogP contribution in [0.25, 0.3) is 0 Å². The van der Waals surface area contributed by atoms with Gasteiger partial charge in [-0.05, 0) is 94.2 Å². The summed E-state index contributed by atoms with van der Waals surface area (Å²) in [6, 6.07) is 14.3. The van der Waals surface area contributed by atoms with E-state index in [-0.39, 0.29) is 0 Å². The molecule has 0 saturated carbocycles. The number of hydrogen-bond acceptors (Lipinski definition) is 6. The van der Waals surface area contributed by atoms with Gasteiger partial charge >= 0.3 is 0 Å². The van der Waals surface area contributed by atoms with Gasteiger partial charge < -0.3 is 15.4 Å². The van der Waals surface area contributed by atoms with Gasteiger partial charge in [-0.15, -0.1) is 0 Å². The summed E-state index contributed by atoms with van der Waals surface area (Å²) in [5.74, 6) is 2.23. The molecule has 0 bridgehead atoms. The molecule has 0 radical (unpaired) electrons. The van der Waals surface area contributed by atoms with Gasteiger partial charge in [0.05, 0.1) is 0 Å². The molecule has 1 saturated heterocycles. The van der Waals surface area contributed by atoms with Crippen molar-refractivity contribution in [1.82, 2.24) is 14.9 Å². The molecule has 6 heteroatoms. The molecule has 190 valence electrons. The number of ether oxygens (including phenoxy) is 1. The Morgan fingerprint density at radius 3 is 2.11 bits per heavy atom. The van der Waals surface area contributed by atoms with Crippen molar-refractivity contribution in [3.8, 4) is 5.75 Å². The highest BCUT2D eigenvalue weighted by Gasteiger charge is 2.11. The Balaban J connectivity index is 0.00000103. The molecule has 35 heavy (non-hydrogen) atoms. The van der Waals surface area contributed by atoms with Gasteiger partial charge in [0.15, 0.2) is 0 Å². The molecular formula is C29H43N5O. The van der Waals surface area contributed by atoms with Crippen molar-refractivity contribution in [1.29, 1.82) is 0 Å². The summed E-state index contributed by atoms with van der Waals surface area (Å²) in [6.07, 6.45) is 4.45. The third-order valence-corrected chi connectivity index (χ3v) is 5.73. The molecule has 1 aromatic heterocycles. The first kappa shape index (κ1) is 28.1. The highest BCUT2D eigenvalue weighted by atomic mass is 16.5. The first-order valence-electron chi connectivity index (χ1n) is 13.0. The molecule has 2 N–H and O–H groups in total. The quantitative estimate of drug-likeness (QED) is 0.352. The van der Waals surface area contributed by atoms with Crippen LogP contribution < -0.4 is 15.4 Å². The predicted octanol–water partition coefficient (Wildman–Crippen LogP) is 7.42. The lowest BCUT2D eigenvalue weighted by atomic mass is 10.1. The van der Waals surface area contributed by atoms with Crippen LogP contribution in [0, 0.1) is 20.8 Å². The van der Waals surface area contributed by atoms with Gasteiger partial charge in [0.2, 0.25) is 5.95 Å². The lowest BCUT2D eigenvalue weighted by Gasteiger charge is -2.15. The third-order valence-electron chi connectivity index (χ3n) is 5.73. The summed E-state index contributed by atoms with van der Waals surface area (Å²) < 4.78 is 5.88. The largest absolute Gasteiger partial charge is 0.492 e. The van der Waals surface area contributed by atoms with E-state index >= 15 is 0 Å². The van der Waals surface area contributed by atoms with Crippen molar-refractivity contribution in [2.24, 2.45) is 0 Å². The van der Waals surface area contributed by atoms with Gasteiger partial charge in [-0.1, -0.05) is 33.8 Å². The number of rotatable bonds is 8. The minimum atomic E-state index is 0.555. The zero-order valence-electron chi connectivity index (χ0n) is 22.6. The lowest BCUT2D eigenvalue weighted by molar-refractivity contribution is 0.238. The molecule has 0 unspecified atom stereocenters. The average molecular weight is 478 g/mol. The van der Waals surface area contributed by atoms with Gasteiger partial charge in [-0.3, -0.25) is 4.90 Å². The molecule has 0 spiro atoms. The summed E-state index contributed by atoms with van der Waals surface area (Å²) in [4.78, 5) is 11.5. The van der Waals surface area contributed by atoms with E-state index in [0.29, 0.717) is 5.95 Å². The third kappa shape index (κ3) is 8.87. The molecule has 0 aliphatic carbocycles. The second-order valence-corrected chi connectivity index (χ2v) is 8.20. The van der Waals surface area contributed by atoms with Crippen LogP contribution >= 0.6 is 0 Å². The van der Waals surface area contributed by atoms with E-state index in [9.17, 15) is 0 Å². The molecule has 0 atom stereocenters. The Kier molecular flexibility index (Phi) is 12.0. The Labute approximate surface area is 212 Å². The van der Waals surface area contributed by atoms with Crippen molar-refractivity contribution < 1.29 is 4.74 Å². The van der Waals surface area contributed by atoms with Crippen LogP contribution in [0.5, 0.6) is 5.75 Å². The van der Waals surface area contributed by atoms with Gasteiger partial charge in [0, 0.05) is 29.7 Å². The molecule has 3 aromatic rings. The normalized spacial score (nSPS) is 12.7. The molecule has 2 heterocycles. The number of hydrogen-bond donors (Lipinski definition) is 2. The van der Waals surface area contributed by atoms with Crippen molar-refractivity contribution in [2.75, 3.05) is 36.9 Å². The molecule has 0 amide bonds. The fraction of sp³-hybridized carbons (Fsp3) is 0.448. The standard InChI is InChI=1S/C25H31N5O.2C2H6/c1-18-6-7-22(16-19(18)2)27-24-20(3)17-26-25(29-24)28-21-8-10-23(11-9-21)31-15-14-30-12-4-5-13-30;2*1-2/h6-11,16-17H,4-5,12-15H2,1-3H3,(H2,26,27,28,29);2*1-2H3. The molecule has 6 nitrogen and oxygen atoms in total. The van der Waals surface area contributed by atoms with Crippen LogP contribution in [0.15, 0.2) is 48.7 Å². The van der Waals surface area contributed by atoms with Crippen molar-refractivity contribution in [3.05, 3.63) is 65.4 Å². The smallest absolute Gasteiger partial charge is 0.229 e. The number of aromatic nitrogens is 2. The second kappa shape index (κ2) is 15.0. The Morgan fingerprint density at radius 1 is 0.800 bits per heavy atom.